The average Bonchev–Trinajstić information content (AvgIpc) is 3.22. The van der Waals surface area contributed by atoms with Crippen LogP contribution in [0, 0.1) is 5.92 Å². The highest BCUT2D eigenvalue weighted by Gasteiger charge is 2.26. The van der Waals surface area contributed by atoms with Crippen LogP contribution in [0.25, 0.3) is 17.2 Å². The van der Waals surface area contributed by atoms with Crippen LogP contribution in [0.1, 0.15) is 19.0 Å². The minimum Gasteiger partial charge on any atom is -0.343 e. The Bertz CT molecular complexity index is 889. The van der Waals surface area contributed by atoms with Crippen molar-refractivity contribution in [1.29, 1.82) is 0 Å². The fraction of sp³-hybridized carbons (Fsp3) is 0.353. The number of hydrogen-bond donors (Lipinski definition) is 0. The Kier molecular flexibility index (Phi) is 3.68. The quantitative estimate of drug-likeness (QED) is 0.732. The van der Waals surface area contributed by atoms with Gasteiger partial charge in [0, 0.05) is 44.8 Å². The van der Waals surface area contributed by atoms with Crippen molar-refractivity contribution in [3.8, 4) is 11.4 Å². The Morgan fingerprint density at radius 1 is 1.21 bits per heavy atom. The number of hydrogen-bond acceptors (Lipinski definition) is 5. The highest BCUT2D eigenvalue weighted by atomic mass is 16.2. The van der Waals surface area contributed by atoms with Crippen molar-refractivity contribution in [3.05, 3.63) is 42.7 Å². The zero-order chi connectivity index (χ0) is 16.5. The smallest absolute Gasteiger partial charge is 0.234 e. The number of aromatic nitrogens is 5. The van der Waals surface area contributed by atoms with Crippen molar-refractivity contribution < 1.29 is 4.79 Å². The minimum atomic E-state index is 0.143. The maximum Gasteiger partial charge on any atom is 0.234 e. The van der Waals surface area contributed by atoms with E-state index in [9.17, 15) is 4.79 Å². The van der Waals surface area contributed by atoms with Gasteiger partial charge < -0.3 is 4.90 Å². The lowest BCUT2D eigenvalue weighted by Crippen LogP contribution is -2.26. The molecule has 3 aromatic heterocycles. The van der Waals surface area contributed by atoms with E-state index in [1.54, 1.807) is 31.7 Å². The van der Waals surface area contributed by atoms with Crippen LogP contribution in [0.15, 0.2) is 37.1 Å². The molecule has 1 fully saturated rings. The van der Waals surface area contributed by atoms with Crippen molar-refractivity contribution in [2.75, 3.05) is 13.1 Å². The molecule has 0 bridgehead atoms. The standard InChI is InChI=1S/C17H18N6O/c1-12(24)22-8-3-13(11-22)9-14-16(19-6-5-18-14)15-10-21-17-20-4-2-7-23(15)17/h2,4-7,10,13H,3,8-9,11H2,1H3. The number of likely N-dealkylation sites (tertiary alicyclic amines) is 1. The summed E-state index contributed by atoms with van der Waals surface area (Å²) in [7, 11) is 0. The Morgan fingerprint density at radius 3 is 2.92 bits per heavy atom. The van der Waals surface area contributed by atoms with Crippen molar-refractivity contribution in [2.24, 2.45) is 5.92 Å². The molecular weight excluding hydrogens is 304 g/mol. The summed E-state index contributed by atoms with van der Waals surface area (Å²) in [6, 6.07) is 1.87. The van der Waals surface area contributed by atoms with Crippen LogP contribution in [0.3, 0.4) is 0 Å². The second-order valence-electron chi connectivity index (χ2n) is 6.11. The zero-order valence-electron chi connectivity index (χ0n) is 13.5. The molecule has 0 N–H and O–H groups in total. The summed E-state index contributed by atoms with van der Waals surface area (Å²) in [5, 5.41) is 0. The van der Waals surface area contributed by atoms with E-state index >= 15 is 0 Å². The molecule has 0 spiro atoms. The highest BCUT2D eigenvalue weighted by molar-refractivity contribution is 5.73. The van der Waals surface area contributed by atoms with E-state index in [0.29, 0.717) is 11.7 Å². The number of imidazole rings is 1. The van der Waals surface area contributed by atoms with Gasteiger partial charge in [-0.1, -0.05) is 0 Å². The molecular formula is C17H18N6O. The number of rotatable bonds is 3. The van der Waals surface area contributed by atoms with Gasteiger partial charge in [-0.3, -0.25) is 19.2 Å². The summed E-state index contributed by atoms with van der Waals surface area (Å²) >= 11 is 0. The third-order valence-electron chi connectivity index (χ3n) is 4.52. The molecule has 1 aliphatic heterocycles. The van der Waals surface area contributed by atoms with E-state index in [2.05, 4.69) is 19.9 Å². The Labute approximate surface area is 139 Å². The molecule has 1 amide bonds. The van der Waals surface area contributed by atoms with Crippen LogP contribution in [0.2, 0.25) is 0 Å². The van der Waals surface area contributed by atoms with Gasteiger partial charge in [0.2, 0.25) is 11.7 Å². The summed E-state index contributed by atoms with van der Waals surface area (Å²) in [6.07, 6.45) is 10.7. The Hall–Kier alpha value is -2.83. The van der Waals surface area contributed by atoms with Crippen molar-refractivity contribution in [3.63, 3.8) is 0 Å². The van der Waals surface area contributed by atoms with E-state index in [0.717, 1.165) is 43.0 Å². The molecule has 24 heavy (non-hydrogen) atoms. The second-order valence-corrected chi connectivity index (χ2v) is 6.11. The first kappa shape index (κ1) is 14.7. The SMILES string of the molecule is CC(=O)N1CCC(Cc2nccnc2-c2cnc3ncccn23)C1. The first-order valence-corrected chi connectivity index (χ1v) is 8.06. The van der Waals surface area contributed by atoms with Crippen LogP contribution < -0.4 is 0 Å². The van der Waals surface area contributed by atoms with E-state index in [4.69, 9.17) is 0 Å². The second kappa shape index (κ2) is 5.99. The van der Waals surface area contributed by atoms with Gasteiger partial charge in [-0.25, -0.2) is 9.97 Å². The van der Waals surface area contributed by atoms with Crippen LogP contribution in [-0.4, -0.2) is 48.2 Å². The molecule has 1 saturated heterocycles. The summed E-state index contributed by atoms with van der Waals surface area (Å²) < 4.78 is 1.92. The lowest BCUT2D eigenvalue weighted by molar-refractivity contribution is -0.127. The van der Waals surface area contributed by atoms with Gasteiger partial charge in [0.05, 0.1) is 17.6 Å². The lowest BCUT2D eigenvalue weighted by atomic mass is 10.0. The summed E-state index contributed by atoms with van der Waals surface area (Å²) in [4.78, 5) is 31.1. The molecule has 0 aliphatic carbocycles. The molecule has 0 aromatic carbocycles. The number of carbonyl (C=O) groups excluding carboxylic acids is 1. The molecule has 1 aliphatic rings. The molecule has 4 rings (SSSR count). The molecule has 4 heterocycles. The average molecular weight is 322 g/mol. The van der Waals surface area contributed by atoms with E-state index < -0.39 is 0 Å². The zero-order valence-corrected chi connectivity index (χ0v) is 13.5. The van der Waals surface area contributed by atoms with Crippen molar-refractivity contribution in [1.82, 2.24) is 29.2 Å². The highest BCUT2D eigenvalue weighted by Crippen LogP contribution is 2.26. The maximum absolute atomic E-state index is 11.5. The predicted molar refractivity (Wildman–Crippen MR) is 88.1 cm³/mol. The first-order valence-electron chi connectivity index (χ1n) is 8.06. The minimum absolute atomic E-state index is 0.143. The molecule has 7 heteroatoms. The molecule has 1 unspecified atom stereocenters. The predicted octanol–water partition coefficient (Wildman–Crippen LogP) is 1.60. The van der Waals surface area contributed by atoms with E-state index in [1.807, 2.05) is 21.6 Å². The Morgan fingerprint density at radius 2 is 2.08 bits per heavy atom. The van der Waals surface area contributed by atoms with E-state index in [1.165, 1.54) is 0 Å². The number of carbonyl (C=O) groups is 1. The van der Waals surface area contributed by atoms with E-state index in [-0.39, 0.29) is 5.91 Å². The first-order chi connectivity index (χ1) is 11.7. The van der Waals surface area contributed by atoms with Gasteiger partial charge in [-0.15, -0.1) is 0 Å². The molecule has 3 aromatic rings. The van der Waals surface area contributed by atoms with Crippen molar-refractivity contribution >= 4 is 11.7 Å². The van der Waals surface area contributed by atoms with Gasteiger partial charge in [-0.2, -0.15) is 0 Å². The van der Waals surface area contributed by atoms with Crippen LogP contribution in [0.4, 0.5) is 0 Å². The Balaban J connectivity index is 1.65. The summed E-state index contributed by atoms with van der Waals surface area (Å²) in [5.74, 6) is 1.21. The fourth-order valence-corrected chi connectivity index (χ4v) is 3.29. The molecule has 0 radical (unpaired) electrons. The number of nitrogens with zero attached hydrogens (tertiary/aromatic N) is 6. The van der Waals surface area contributed by atoms with Gasteiger partial charge in [0.1, 0.15) is 5.69 Å². The summed E-state index contributed by atoms with van der Waals surface area (Å²) in [6.45, 7) is 3.25. The number of amides is 1. The third-order valence-corrected chi connectivity index (χ3v) is 4.52. The largest absolute Gasteiger partial charge is 0.343 e. The monoisotopic (exact) mass is 322 g/mol. The van der Waals surface area contributed by atoms with Gasteiger partial charge >= 0.3 is 0 Å². The molecule has 7 nitrogen and oxygen atoms in total. The van der Waals surface area contributed by atoms with Crippen LogP contribution in [-0.2, 0) is 11.2 Å². The normalized spacial score (nSPS) is 17.5. The number of fused-ring (bicyclic) bond motifs is 1. The third kappa shape index (κ3) is 2.62. The molecule has 0 saturated carbocycles. The molecule has 1 atom stereocenters. The van der Waals surface area contributed by atoms with Crippen LogP contribution >= 0.6 is 0 Å². The van der Waals surface area contributed by atoms with Gasteiger partial charge in [0.25, 0.3) is 0 Å². The maximum atomic E-state index is 11.5. The lowest BCUT2D eigenvalue weighted by Gasteiger charge is -2.14. The van der Waals surface area contributed by atoms with Crippen LogP contribution in [0.5, 0.6) is 0 Å². The van der Waals surface area contributed by atoms with Gasteiger partial charge in [0.15, 0.2) is 0 Å². The van der Waals surface area contributed by atoms with Crippen molar-refractivity contribution in [2.45, 2.75) is 19.8 Å². The van der Waals surface area contributed by atoms with Gasteiger partial charge in [-0.05, 0) is 24.8 Å². The fourth-order valence-electron chi connectivity index (χ4n) is 3.29. The topological polar surface area (TPSA) is 76.3 Å². The molecule has 122 valence electrons. The summed E-state index contributed by atoms with van der Waals surface area (Å²) in [5.41, 5.74) is 2.67.